The molecule has 0 radical (unpaired) electrons. The molecule has 4 rings (SSSR count). The van der Waals surface area contributed by atoms with E-state index < -0.39 is 0 Å². The predicted molar refractivity (Wildman–Crippen MR) is 92.6 cm³/mol. The fraction of sp³-hybridized carbons (Fsp3) is 0.632. The second kappa shape index (κ2) is 6.64. The van der Waals surface area contributed by atoms with Gasteiger partial charge in [0.05, 0.1) is 0 Å². The van der Waals surface area contributed by atoms with Gasteiger partial charge in [0, 0.05) is 41.6 Å². The third kappa shape index (κ3) is 3.45. The summed E-state index contributed by atoms with van der Waals surface area (Å²) in [7, 11) is 0. The molecule has 2 saturated carbocycles. The number of likely N-dealkylation sites (tertiary alicyclic amines) is 1. The summed E-state index contributed by atoms with van der Waals surface area (Å²) in [6.07, 6.45) is 5.50. The number of amides is 1. The third-order valence-corrected chi connectivity index (χ3v) is 6.01. The summed E-state index contributed by atoms with van der Waals surface area (Å²) in [5.41, 5.74) is 0.526. The molecule has 1 aliphatic heterocycles. The summed E-state index contributed by atoms with van der Waals surface area (Å²) < 4.78 is 14.0. The van der Waals surface area contributed by atoms with E-state index in [1.165, 1.54) is 18.9 Å². The van der Waals surface area contributed by atoms with Gasteiger partial charge in [-0.3, -0.25) is 4.79 Å². The number of carbonyl (C=O) groups excluding carboxylic acids is 1. The van der Waals surface area contributed by atoms with Gasteiger partial charge in [-0.25, -0.2) is 4.39 Å². The van der Waals surface area contributed by atoms with Gasteiger partial charge in [0.15, 0.2) is 0 Å². The van der Waals surface area contributed by atoms with Crippen LogP contribution < -0.4 is 5.32 Å². The zero-order valence-electron chi connectivity index (χ0n) is 13.8. The van der Waals surface area contributed by atoms with Crippen LogP contribution in [-0.2, 0) is 4.79 Å². The largest absolute Gasteiger partial charge is 0.342 e. The highest BCUT2D eigenvalue weighted by atomic mass is 35.5. The van der Waals surface area contributed by atoms with Crippen LogP contribution in [0.2, 0.25) is 5.02 Å². The molecule has 1 N–H and O–H groups in total. The molecule has 1 saturated heterocycles. The molecule has 3 aliphatic rings. The van der Waals surface area contributed by atoms with Gasteiger partial charge in [-0.15, -0.1) is 0 Å². The van der Waals surface area contributed by atoms with Crippen molar-refractivity contribution in [3.8, 4) is 0 Å². The van der Waals surface area contributed by atoms with Gasteiger partial charge in [-0.05, 0) is 56.7 Å². The van der Waals surface area contributed by atoms with Crippen molar-refractivity contribution in [1.82, 2.24) is 10.2 Å². The van der Waals surface area contributed by atoms with E-state index in [-0.39, 0.29) is 23.6 Å². The molecule has 0 aromatic heterocycles. The lowest BCUT2D eigenvalue weighted by Crippen LogP contribution is -2.46. The van der Waals surface area contributed by atoms with Crippen LogP contribution in [0.3, 0.4) is 0 Å². The Hall–Kier alpha value is -1.13. The predicted octanol–water partition coefficient (Wildman–Crippen LogP) is 3.57. The first-order valence-electron chi connectivity index (χ1n) is 9.09. The van der Waals surface area contributed by atoms with E-state index in [0.717, 1.165) is 44.8 Å². The average Bonchev–Trinajstić information content (AvgIpc) is 3.47. The maximum absolute atomic E-state index is 14.0. The minimum absolute atomic E-state index is 0.0445. The molecule has 3 fully saturated rings. The van der Waals surface area contributed by atoms with Crippen LogP contribution in [0.15, 0.2) is 18.2 Å². The molecular formula is C19H24ClFN2O. The number of benzene rings is 1. The van der Waals surface area contributed by atoms with Crippen LogP contribution in [0, 0.1) is 17.7 Å². The Morgan fingerprint density at radius 1 is 1.25 bits per heavy atom. The third-order valence-electron chi connectivity index (χ3n) is 5.68. The van der Waals surface area contributed by atoms with Crippen molar-refractivity contribution in [3.63, 3.8) is 0 Å². The summed E-state index contributed by atoms with van der Waals surface area (Å²) in [5.74, 6) is 0.653. The molecule has 2 unspecified atom stereocenters. The van der Waals surface area contributed by atoms with E-state index in [2.05, 4.69) is 5.32 Å². The minimum atomic E-state index is -0.286. The minimum Gasteiger partial charge on any atom is -0.342 e. The van der Waals surface area contributed by atoms with E-state index in [1.807, 2.05) is 4.90 Å². The molecule has 3 nitrogen and oxygen atoms in total. The van der Waals surface area contributed by atoms with Crippen LogP contribution in [-0.4, -0.2) is 36.5 Å². The van der Waals surface area contributed by atoms with Crippen LogP contribution in [0.1, 0.15) is 43.6 Å². The van der Waals surface area contributed by atoms with Crippen LogP contribution in [0.25, 0.3) is 0 Å². The number of nitrogens with zero attached hydrogens (tertiary/aromatic N) is 1. The molecule has 1 heterocycles. The molecule has 1 aromatic carbocycles. The van der Waals surface area contributed by atoms with Crippen LogP contribution in [0.4, 0.5) is 4.39 Å². The summed E-state index contributed by atoms with van der Waals surface area (Å²) in [5, 5.41) is 4.08. The first kappa shape index (κ1) is 16.3. The highest BCUT2D eigenvalue weighted by molar-refractivity contribution is 6.31. The Balaban J connectivity index is 1.30. The topological polar surface area (TPSA) is 32.3 Å². The van der Waals surface area contributed by atoms with Crippen molar-refractivity contribution in [2.75, 3.05) is 19.6 Å². The van der Waals surface area contributed by atoms with Gasteiger partial charge in [0.1, 0.15) is 5.82 Å². The summed E-state index contributed by atoms with van der Waals surface area (Å²) in [6, 6.07) is 5.29. The maximum Gasteiger partial charge on any atom is 0.226 e. The van der Waals surface area contributed by atoms with Crippen molar-refractivity contribution in [1.29, 1.82) is 0 Å². The van der Waals surface area contributed by atoms with Gasteiger partial charge >= 0.3 is 0 Å². The molecule has 0 spiro atoms. The Kier molecular flexibility index (Phi) is 4.52. The number of nitrogens with one attached hydrogen (secondary N) is 1. The molecule has 130 valence electrons. The van der Waals surface area contributed by atoms with Crippen molar-refractivity contribution in [2.45, 2.75) is 44.1 Å². The van der Waals surface area contributed by atoms with E-state index in [4.69, 9.17) is 11.6 Å². The Morgan fingerprint density at radius 3 is 2.67 bits per heavy atom. The molecule has 5 heteroatoms. The summed E-state index contributed by atoms with van der Waals surface area (Å²) in [4.78, 5) is 14.7. The molecule has 1 amide bonds. The number of carbonyl (C=O) groups is 1. The summed E-state index contributed by atoms with van der Waals surface area (Å²) >= 11 is 6.13. The number of rotatable bonds is 5. The monoisotopic (exact) mass is 350 g/mol. The Morgan fingerprint density at radius 2 is 2.00 bits per heavy atom. The number of halogens is 2. The summed E-state index contributed by atoms with van der Waals surface area (Å²) in [6.45, 7) is 2.76. The number of hydrogen-bond acceptors (Lipinski definition) is 2. The van der Waals surface area contributed by atoms with E-state index >= 15 is 0 Å². The molecule has 0 bridgehead atoms. The number of hydrogen-bond donors (Lipinski definition) is 1. The molecule has 2 atom stereocenters. The van der Waals surface area contributed by atoms with E-state index in [1.54, 1.807) is 12.1 Å². The normalized spacial score (nSPS) is 27.3. The van der Waals surface area contributed by atoms with Gasteiger partial charge in [0.2, 0.25) is 5.91 Å². The second-order valence-corrected chi connectivity index (χ2v) is 7.94. The van der Waals surface area contributed by atoms with Crippen molar-refractivity contribution >= 4 is 17.5 Å². The van der Waals surface area contributed by atoms with Crippen LogP contribution in [0.5, 0.6) is 0 Å². The highest BCUT2D eigenvalue weighted by Crippen LogP contribution is 2.51. The lowest BCUT2D eigenvalue weighted by molar-refractivity contribution is -0.133. The molecule has 24 heavy (non-hydrogen) atoms. The van der Waals surface area contributed by atoms with Crippen LogP contribution >= 0.6 is 11.6 Å². The molecule has 2 aliphatic carbocycles. The Labute approximate surface area is 147 Å². The number of piperidine rings is 1. The van der Waals surface area contributed by atoms with Crippen molar-refractivity contribution in [2.24, 2.45) is 11.8 Å². The SMILES string of the molecule is O=C(C1CC1c1c(F)cccc1Cl)N1CCC(NCC2CC2)CC1. The first-order valence-corrected chi connectivity index (χ1v) is 9.47. The standard InChI is InChI=1S/C19H24ClFN2O/c20-16-2-1-3-17(21)18(16)14-10-15(14)19(24)23-8-6-13(7-9-23)22-11-12-4-5-12/h1-3,12-15,22H,4-11H2. The van der Waals surface area contributed by atoms with Crippen molar-refractivity contribution < 1.29 is 9.18 Å². The zero-order chi connectivity index (χ0) is 16.7. The Bertz CT molecular complexity index is 606. The van der Waals surface area contributed by atoms with Gasteiger partial charge in [-0.1, -0.05) is 17.7 Å². The lowest BCUT2D eigenvalue weighted by atomic mass is 10.0. The van der Waals surface area contributed by atoms with Crippen molar-refractivity contribution in [3.05, 3.63) is 34.6 Å². The van der Waals surface area contributed by atoms with Gasteiger partial charge in [-0.2, -0.15) is 0 Å². The van der Waals surface area contributed by atoms with Gasteiger partial charge in [0.25, 0.3) is 0 Å². The first-order chi connectivity index (χ1) is 11.6. The zero-order valence-corrected chi connectivity index (χ0v) is 14.6. The highest BCUT2D eigenvalue weighted by Gasteiger charge is 2.48. The average molecular weight is 351 g/mol. The molecule has 1 aromatic rings. The lowest BCUT2D eigenvalue weighted by Gasteiger charge is -2.33. The fourth-order valence-corrected chi connectivity index (χ4v) is 4.15. The van der Waals surface area contributed by atoms with Gasteiger partial charge < -0.3 is 10.2 Å². The van der Waals surface area contributed by atoms with E-state index in [9.17, 15) is 9.18 Å². The maximum atomic E-state index is 14.0. The second-order valence-electron chi connectivity index (χ2n) is 7.54. The fourth-order valence-electron chi connectivity index (χ4n) is 3.85. The van der Waals surface area contributed by atoms with E-state index in [0.29, 0.717) is 16.6 Å². The molecular weight excluding hydrogens is 327 g/mol. The smallest absolute Gasteiger partial charge is 0.226 e. The quantitative estimate of drug-likeness (QED) is 0.880.